The highest BCUT2D eigenvalue weighted by Crippen LogP contribution is 2.42. The second-order valence-corrected chi connectivity index (χ2v) is 10.6. The second-order valence-electron chi connectivity index (χ2n) is 10.6. The fourth-order valence-electron chi connectivity index (χ4n) is 6.69. The summed E-state index contributed by atoms with van der Waals surface area (Å²) in [6.07, 6.45) is 8.81. The van der Waals surface area contributed by atoms with Gasteiger partial charge in [0.05, 0.1) is 25.6 Å². The minimum atomic E-state index is -0.471. The van der Waals surface area contributed by atoms with E-state index in [2.05, 4.69) is 42.5 Å². The Balaban J connectivity index is 0.00000274. The molecule has 0 unspecified atom stereocenters. The van der Waals surface area contributed by atoms with Gasteiger partial charge in [-0.2, -0.15) is 0 Å². The first kappa shape index (κ1) is 25.2. The Morgan fingerprint density at radius 1 is 0.971 bits per heavy atom. The lowest BCUT2D eigenvalue weighted by Crippen LogP contribution is -3.00. The van der Waals surface area contributed by atoms with E-state index in [1.54, 1.807) is 7.11 Å². The Hall–Kier alpha value is -1.85. The minimum Gasteiger partial charge on any atom is -1.00 e. The van der Waals surface area contributed by atoms with Gasteiger partial charge in [0.1, 0.15) is 18.8 Å². The molecule has 4 fully saturated rings. The van der Waals surface area contributed by atoms with E-state index < -0.39 is 5.41 Å². The summed E-state index contributed by atoms with van der Waals surface area (Å²) in [4.78, 5) is 13.9. The van der Waals surface area contributed by atoms with Gasteiger partial charge in [-0.1, -0.05) is 68.1 Å². The number of ether oxygens (including phenoxy) is 2. The van der Waals surface area contributed by atoms with Crippen LogP contribution >= 0.6 is 0 Å². The molecule has 2 aromatic rings. The van der Waals surface area contributed by atoms with Crippen LogP contribution in [-0.2, 0) is 21.5 Å². The average Bonchev–Trinajstić information content (AvgIpc) is 3.12. The van der Waals surface area contributed by atoms with Crippen molar-refractivity contribution in [3.63, 3.8) is 0 Å². The zero-order valence-electron chi connectivity index (χ0n) is 20.4. The van der Waals surface area contributed by atoms with Crippen molar-refractivity contribution < 1.29 is 35.7 Å². The second kappa shape index (κ2) is 10.8. The highest BCUT2D eigenvalue weighted by Gasteiger charge is 2.50. The molecule has 0 N–H and O–H groups in total. The topological polar surface area (TPSA) is 35.5 Å². The maximum absolute atomic E-state index is 13.9. The standard InChI is InChI=1S/C29H38NO3.BrH/c1-32-26-13-9-10-23(20-26)21-30-18-14-24(15-19-30)27(22-30)33-28(31)29(16-7-2-3-8-17-29)25-11-5-4-6-12-25;/h4-6,9-13,20,24,27H,2-3,7-8,14-19,21-22H2,1H3;1H/q+1;/p-1/t24?,27-,30?;/m0./s1. The maximum atomic E-state index is 13.9. The molecule has 1 atom stereocenters. The van der Waals surface area contributed by atoms with Crippen LogP contribution in [0.3, 0.4) is 0 Å². The lowest BCUT2D eigenvalue weighted by atomic mass is 9.74. The number of quaternary nitrogens is 1. The number of carbonyl (C=O) groups is 1. The molecule has 0 spiro atoms. The van der Waals surface area contributed by atoms with Crippen LogP contribution in [0.5, 0.6) is 5.75 Å². The van der Waals surface area contributed by atoms with Gasteiger partial charge < -0.3 is 30.9 Å². The number of halogens is 1. The summed E-state index contributed by atoms with van der Waals surface area (Å²) >= 11 is 0. The number of hydrogen-bond donors (Lipinski definition) is 0. The highest BCUT2D eigenvalue weighted by atomic mass is 79.9. The Morgan fingerprint density at radius 3 is 2.35 bits per heavy atom. The zero-order chi connectivity index (χ0) is 22.7. The number of benzene rings is 2. The molecule has 6 rings (SSSR count). The molecule has 0 radical (unpaired) electrons. The molecule has 3 saturated heterocycles. The molecule has 3 heterocycles. The van der Waals surface area contributed by atoms with E-state index in [1.165, 1.54) is 31.5 Å². The number of nitrogens with zero attached hydrogens (tertiary/aromatic N) is 1. The van der Waals surface area contributed by atoms with E-state index in [0.29, 0.717) is 5.92 Å². The van der Waals surface area contributed by atoms with E-state index in [-0.39, 0.29) is 29.1 Å². The number of carbonyl (C=O) groups excluding carboxylic acids is 1. The predicted molar refractivity (Wildman–Crippen MR) is 130 cm³/mol. The van der Waals surface area contributed by atoms with Gasteiger partial charge in [0, 0.05) is 24.3 Å². The van der Waals surface area contributed by atoms with Crippen LogP contribution in [0.25, 0.3) is 0 Å². The van der Waals surface area contributed by atoms with E-state index in [0.717, 1.165) is 67.4 Å². The first-order valence-electron chi connectivity index (χ1n) is 12.9. The number of fused-ring (bicyclic) bond motifs is 3. The Bertz CT molecular complexity index is 947. The Kier molecular flexibility index (Phi) is 8.04. The molecule has 1 saturated carbocycles. The molecular weight excluding hydrogens is 490 g/mol. The number of piperidine rings is 3. The van der Waals surface area contributed by atoms with E-state index in [1.807, 2.05) is 12.1 Å². The van der Waals surface area contributed by atoms with Gasteiger partial charge in [0.25, 0.3) is 0 Å². The molecule has 0 amide bonds. The van der Waals surface area contributed by atoms with Gasteiger partial charge >= 0.3 is 5.97 Å². The highest BCUT2D eigenvalue weighted by molar-refractivity contribution is 5.83. The van der Waals surface area contributed by atoms with Crippen molar-refractivity contribution in [1.82, 2.24) is 0 Å². The summed E-state index contributed by atoms with van der Waals surface area (Å²) in [5, 5.41) is 0. The summed E-state index contributed by atoms with van der Waals surface area (Å²) in [5.74, 6) is 1.46. The fourth-order valence-corrected chi connectivity index (χ4v) is 6.69. The lowest BCUT2D eigenvalue weighted by molar-refractivity contribution is -0.958. The van der Waals surface area contributed by atoms with Crippen LogP contribution in [-0.4, -0.2) is 43.3 Å². The normalized spacial score (nSPS) is 27.8. The van der Waals surface area contributed by atoms with Crippen molar-refractivity contribution in [3.05, 3.63) is 65.7 Å². The molecular formula is C29H38BrNO3. The lowest BCUT2D eigenvalue weighted by Gasteiger charge is -2.52. The molecule has 184 valence electrons. The van der Waals surface area contributed by atoms with Gasteiger partial charge in [0.2, 0.25) is 0 Å². The SMILES string of the molecule is COc1cccc(C[N+]23CCC(CC2)[C@@H](OC(=O)C2(c4ccccc4)CCCCCC2)C3)c1.[Br-]. The molecule has 2 bridgehead atoms. The average molecular weight is 529 g/mol. The predicted octanol–water partition coefficient (Wildman–Crippen LogP) is 2.64. The summed E-state index contributed by atoms with van der Waals surface area (Å²) in [6, 6.07) is 18.9. The van der Waals surface area contributed by atoms with Crippen LogP contribution < -0.4 is 21.7 Å². The third kappa shape index (κ3) is 5.06. The van der Waals surface area contributed by atoms with Crippen LogP contribution in [0.2, 0.25) is 0 Å². The molecule has 0 aromatic heterocycles. The first-order valence-corrected chi connectivity index (χ1v) is 12.9. The van der Waals surface area contributed by atoms with E-state index in [4.69, 9.17) is 9.47 Å². The third-order valence-corrected chi connectivity index (χ3v) is 8.63. The molecule has 3 aliphatic heterocycles. The number of rotatable bonds is 6. The van der Waals surface area contributed by atoms with Crippen molar-refractivity contribution >= 4 is 5.97 Å². The summed E-state index contributed by atoms with van der Waals surface area (Å²) in [6.45, 7) is 4.29. The van der Waals surface area contributed by atoms with Gasteiger partial charge in [0.15, 0.2) is 6.10 Å². The molecule has 2 aromatic carbocycles. The maximum Gasteiger partial charge on any atom is 0.317 e. The van der Waals surface area contributed by atoms with Crippen LogP contribution in [0, 0.1) is 5.92 Å². The Morgan fingerprint density at radius 2 is 1.68 bits per heavy atom. The van der Waals surface area contributed by atoms with Crippen molar-refractivity contribution in [2.24, 2.45) is 5.92 Å². The number of esters is 1. The quantitative estimate of drug-likeness (QED) is 0.329. The summed E-state index contributed by atoms with van der Waals surface area (Å²) in [7, 11) is 1.73. The van der Waals surface area contributed by atoms with Crippen molar-refractivity contribution in [2.45, 2.75) is 69.4 Å². The number of methoxy groups -OCH3 is 1. The van der Waals surface area contributed by atoms with Crippen LogP contribution in [0.15, 0.2) is 54.6 Å². The minimum absolute atomic E-state index is 0. The third-order valence-electron chi connectivity index (χ3n) is 8.63. The smallest absolute Gasteiger partial charge is 0.317 e. The summed E-state index contributed by atoms with van der Waals surface area (Å²) in [5.41, 5.74) is 1.99. The number of hydrogen-bond acceptors (Lipinski definition) is 3. The molecule has 5 heteroatoms. The van der Waals surface area contributed by atoms with Crippen molar-refractivity contribution in [3.8, 4) is 5.75 Å². The molecule has 4 nitrogen and oxygen atoms in total. The van der Waals surface area contributed by atoms with Crippen LogP contribution in [0.1, 0.15) is 62.5 Å². The van der Waals surface area contributed by atoms with Crippen molar-refractivity contribution in [2.75, 3.05) is 26.7 Å². The Labute approximate surface area is 215 Å². The largest absolute Gasteiger partial charge is 1.00 e. The van der Waals surface area contributed by atoms with E-state index >= 15 is 0 Å². The van der Waals surface area contributed by atoms with E-state index in [9.17, 15) is 4.79 Å². The molecule has 1 aliphatic carbocycles. The van der Waals surface area contributed by atoms with Gasteiger partial charge in [-0.25, -0.2) is 0 Å². The molecule has 4 aliphatic rings. The fraction of sp³-hybridized carbons (Fsp3) is 0.552. The first-order chi connectivity index (χ1) is 16.1. The van der Waals surface area contributed by atoms with Crippen LogP contribution in [0.4, 0.5) is 0 Å². The monoisotopic (exact) mass is 527 g/mol. The van der Waals surface area contributed by atoms with Gasteiger partial charge in [-0.05, 0) is 30.5 Å². The molecule has 34 heavy (non-hydrogen) atoms. The van der Waals surface area contributed by atoms with Gasteiger partial charge in [-0.3, -0.25) is 4.79 Å². The zero-order valence-corrected chi connectivity index (χ0v) is 22.0. The van der Waals surface area contributed by atoms with Gasteiger partial charge in [-0.15, -0.1) is 0 Å². The van der Waals surface area contributed by atoms with Crippen molar-refractivity contribution in [1.29, 1.82) is 0 Å². The summed E-state index contributed by atoms with van der Waals surface area (Å²) < 4.78 is 13.0.